The van der Waals surface area contributed by atoms with Gasteiger partial charge in [0.2, 0.25) is 5.91 Å². The minimum atomic E-state index is 0.208. The molecule has 0 N–H and O–H groups in total. The Morgan fingerprint density at radius 2 is 2.08 bits per heavy atom. The number of carbonyl (C=O) groups excluding carboxylic acids is 1. The number of carbonyl (C=O) groups is 1. The highest BCUT2D eigenvalue weighted by molar-refractivity contribution is 7.99. The van der Waals surface area contributed by atoms with Crippen LogP contribution in [0.3, 0.4) is 0 Å². The fourth-order valence-corrected chi connectivity index (χ4v) is 3.87. The van der Waals surface area contributed by atoms with Crippen molar-refractivity contribution in [3.8, 4) is 0 Å². The maximum atomic E-state index is 12.4. The van der Waals surface area contributed by atoms with Crippen molar-refractivity contribution in [1.82, 2.24) is 19.7 Å². The van der Waals surface area contributed by atoms with Crippen molar-refractivity contribution in [2.45, 2.75) is 31.3 Å². The number of amides is 1. The van der Waals surface area contributed by atoms with Crippen LogP contribution in [-0.4, -0.2) is 44.4 Å². The van der Waals surface area contributed by atoms with E-state index in [-0.39, 0.29) is 5.91 Å². The van der Waals surface area contributed by atoms with Gasteiger partial charge in [0.1, 0.15) is 5.82 Å². The fraction of sp³-hybridized carbons (Fsp3) is 0.500. The lowest BCUT2D eigenvalue weighted by Crippen LogP contribution is -2.40. The van der Waals surface area contributed by atoms with Gasteiger partial charge in [0.15, 0.2) is 5.16 Å². The number of likely N-dealkylation sites (tertiary alicyclic amines) is 1. The molecule has 0 spiro atoms. The zero-order chi connectivity index (χ0) is 16.9. The Kier molecular flexibility index (Phi) is 5.56. The molecule has 6 heteroatoms. The molecule has 0 unspecified atom stereocenters. The first-order valence-corrected chi connectivity index (χ1v) is 9.45. The van der Waals surface area contributed by atoms with Crippen LogP contribution < -0.4 is 0 Å². The monoisotopic (exact) mass is 344 g/mol. The summed E-state index contributed by atoms with van der Waals surface area (Å²) in [7, 11) is 1.97. The lowest BCUT2D eigenvalue weighted by Gasteiger charge is -2.30. The predicted octanol–water partition coefficient (Wildman–Crippen LogP) is 2.76. The Hall–Kier alpha value is -1.82. The first kappa shape index (κ1) is 17.0. The highest BCUT2D eigenvalue weighted by atomic mass is 32.2. The number of hydrogen-bond acceptors (Lipinski definition) is 4. The molecular weight excluding hydrogens is 320 g/mol. The van der Waals surface area contributed by atoms with Gasteiger partial charge in [0, 0.05) is 26.6 Å². The fourth-order valence-electron chi connectivity index (χ4n) is 3.04. The molecule has 5 nitrogen and oxygen atoms in total. The second-order valence-corrected chi connectivity index (χ2v) is 7.44. The zero-order valence-electron chi connectivity index (χ0n) is 14.3. The van der Waals surface area contributed by atoms with Gasteiger partial charge in [-0.2, -0.15) is 0 Å². The van der Waals surface area contributed by atoms with Crippen molar-refractivity contribution < 1.29 is 4.79 Å². The Morgan fingerprint density at radius 1 is 1.29 bits per heavy atom. The van der Waals surface area contributed by atoms with Crippen LogP contribution >= 0.6 is 11.8 Å². The molecule has 1 atom stereocenters. The number of thioether (sulfide) groups is 1. The summed E-state index contributed by atoms with van der Waals surface area (Å²) in [6.07, 6.45) is 3.09. The van der Waals surface area contributed by atoms with Gasteiger partial charge >= 0.3 is 0 Å². The van der Waals surface area contributed by atoms with Gasteiger partial charge in [0.25, 0.3) is 0 Å². The summed E-state index contributed by atoms with van der Waals surface area (Å²) in [5.74, 6) is 2.17. The van der Waals surface area contributed by atoms with Gasteiger partial charge in [-0.3, -0.25) is 4.79 Å². The third-order valence-electron chi connectivity index (χ3n) is 4.46. The number of piperidine rings is 1. The summed E-state index contributed by atoms with van der Waals surface area (Å²) in [5, 5.41) is 9.33. The van der Waals surface area contributed by atoms with E-state index in [1.54, 1.807) is 0 Å². The van der Waals surface area contributed by atoms with Crippen LogP contribution in [0.5, 0.6) is 0 Å². The second kappa shape index (κ2) is 7.83. The Morgan fingerprint density at radius 3 is 2.83 bits per heavy atom. The summed E-state index contributed by atoms with van der Waals surface area (Å²) >= 11 is 1.48. The average molecular weight is 344 g/mol. The van der Waals surface area contributed by atoms with Crippen LogP contribution in [0.2, 0.25) is 0 Å². The molecule has 0 radical (unpaired) electrons. The van der Waals surface area contributed by atoms with E-state index in [1.165, 1.54) is 23.7 Å². The van der Waals surface area contributed by atoms with Crippen LogP contribution in [0.15, 0.2) is 35.5 Å². The minimum absolute atomic E-state index is 0.208. The van der Waals surface area contributed by atoms with Crippen molar-refractivity contribution in [1.29, 1.82) is 0 Å². The molecule has 2 heterocycles. The molecule has 1 aliphatic heterocycles. The molecule has 2 aromatic rings. The van der Waals surface area contributed by atoms with Gasteiger partial charge in [-0.25, -0.2) is 0 Å². The van der Waals surface area contributed by atoms with Crippen molar-refractivity contribution >= 4 is 17.7 Å². The van der Waals surface area contributed by atoms with Crippen LogP contribution in [0, 0.1) is 5.92 Å². The standard InChI is InChI=1S/C18H24N4OS/c1-14-7-6-10-22(12-14)17(23)13-24-18-20-19-16(21(18)2)11-15-8-4-3-5-9-15/h3-5,8-9,14H,6-7,10-13H2,1-2H3/t14-/m0/s1. The third kappa shape index (κ3) is 4.17. The number of hydrogen-bond donors (Lipinski definition) is 0. The maximum Gasteiger partial charge on any atom is 0.233 e. The zero-order valence-corrected chi connectivity index (χ0v) is 15.1. The molecular formula is C18H24N4OS. The number of aromatic nitrogens is 3. The Bertz CT molecular complexity index is 686. The number of rotatable bonds is 5. The van der Waals surface area contributed by atoms with E-state index in [0.29, 0.717) is 11.7 Å². The quantitative estimate of drug-likeness (QED) is 0.783. The molecule has 1 saturated heterocycles. The summed E-state index contributed by atoms with van der Waals surface area (Å²) in [4.78, 5) is 14.4. The third-order valence-corrected chi connectivity index (χ3v) is 5.47. The highest BCUT2D eigenvalue weighted by Crippen LogP contribution is 2.20. The van der Waals surface area contributed by atoms with E-state index in [4.69, 9.17) is 0 Å². The van der Waals surface area contributed by atoms with Gasteiger partial charge in [-0.1, -0.05) is 49.0 Å². The molecule has 1 aliphatic rings. The van der Waals surface area contributed by atoms with E-state index in [0.717, 1.165) is 36.9 Å². The summed E-state index contributed by atoms with van der Waals surface area (Å²) in [5.41, 5.74) is 1.21. The summed E-state index contributed by atoms with van der Waals surface area (Å²) in [6.45, 7) is 3.99. The molecule has 128 valence electrons. The van der Waals surface area contributed by atoms with Crippen molar-refractivity contribution in [2.75, 3.05) is 18.8 Å². The van der Waals surface area contributed by atoms with Crippen molar-refractivity contribution in [3.05, 3.63) is 41.7 Å². The van der Waals surface area contributed by atoms with Gasteiger partial charge in [0.05, 0.1) is 5.75 Å². The Labute approximate surface area is 147 Å². The van der Waals surface area contributed by atoms with Crippen LogP contribution in [0.25, 0.3) is 0 Å². The smallest absolute Gasteiger partial charge is 0.233 e. The predicted molar refractivity (Wildman–Crippen MR) is 96.0 cm³/mol. The first-order valence-electron chi connectivity index (χ1n) is 8.46. The van der Waals surface area contributed by atoms with Crippen molar-refractivity contribution in [3.63, 3.8) is 0 Å². The maximum absolute atomic E-state index is 12.4. The molecule has 0 bridgehead atoms. The molecule has 3 rings (SSSR count). The lowest BCUT2D eigenvalue weighted by atomic mass is 10.0. The van der Waals surface area contributed by atoms with E-state index in [9.17, 15) is 4.79 Å². The molecule has 0 saturated carbocycles. The molecule has 1 amide bonds. The van der Waals surface area contributed by atoms with Crippen LogP contribution in [-0.2, 0) is 18.3 Å². The SMILES string of the molecule is C[C@H]1CCCN(C(=O)CSc2nnc(Cc3ccccc3)n2C)C1. The minimum Gasteiger partial charge on any atom is -0.342 e. The number of benzene rings is 1. The first-order chi connectivity index (χ1) is 11.6. The van der Waals surface area contributed by atoms with E-state index in [1.807, 2.05) is 34.7 Å². The topological polar surface area (TPSA) is 51.0 Å². The van der Waals surface area contributed by atoms with Crippen molar-refractivity contribution in [2.24, 2.45) is 13.0 Å². The largest absolute Gasteiger partial charge is 0.342 e. The number of nitrogens with zero attached hydrogens (tertiary/aromatic N) is 4. The van der Waals surface area contributed by atoms with Gasteiger partial charge in [-0.05, 0) is 24.3 Å². The molecule has 1 fully saturated rings. The van der Waals surface area contributed by atoms with E-state index in [2.05, 4.69) is 29.3 Å². The Balaban J connectivity index is 1.57. The van der Waals surface area contributed by atoms with E-state index >= 15 is 0 Å². The van der Waals surface area contributed by atoms with E-state index < -0.39 is 0 Å². The molecule has 24 heavy (non-hydrogen) atoms. The molecule has 1 aromatic carbocycles. The molecule has 0 aliphatic carbocycles. The van der Waals surface area contributed by atoms with Gasteiger partial charge in [-0.15, -0.1) is 10.2 Å². The summed E-state index contributed by atoms with van der Waals surface area (Å²) in [6, 6.07) is 10.2. The van der Waals surface area contributed by atoms with Crippen LogP contribution in [0.1, 0.15) is 31.2 Å². The lowest BCUT2D eigenvalue weighted by molar-refractivity contribution is -0.130. The normalized spacial score (nSPS) is 17.9. The van der Waals surface area contributed by atoms with Gasteiger partial charge < -0.3 is 9.47 Å². The highest BCUT2D eigenvalue weighted by Gasteiger charge is 2.21. The average Bonchev–Trinajstić information content (AvgIpc) is 2.94. The summed E-state index contributed by atoms with van der Waals surface area (Å²) < 4.78 is 1.99. The van der Waals surface area contributed by atoms with Crippen LogP contribution in [0.4, 0.5) is 0 Å². The molecule has 1 aromatic heterocycles. The second-order valence-electron chi connectivity index (χ2n) is 6.50.